The number of imide groups is 2. The number of nitro benzene ring substituents is 1. The van der Waals surface area contributed by atoms with Crippen molar-refractivity contribution in [1.82, 2.24) is 20.4 Å². The maximum Gasteiger partial charge on any atom is 0.275 e. The van der Waals surface area contributed by atoms with Gasteiger partial charge in [0.2, 0.25) is 23.6 Å². The summed E-state index contributed by atoms with van der Waals surface area (Å²) in [5.41, 5.74) is 8.14. The highest BCUT2D eigenvalue weighted by molar-refractivity contribution is 6.07. The number of nitrogens with two attached hydrogens (primary N) is 1. The third-order valence-corrected chi connectivity index (χ3v) is 7.37. The van der Waals surface area contributed by atoms with Gasteiger partial charge in [-0.15, -0.1) is 0 Å². The Kier molecular flexibility index (Phi) is 7.85. The van der Waals surface area contributed by atoms with Crippen molar-refractivity contribution < 1.29 is 33.7 Å². The summed E-state index contributed by atoms with van der Waals surface area (Å²) in [6.07, 6.45) is 1.01. The average molecular weight is 565 g/mol. The highest BCUT2D eigenvalue weighted by Crippen LogP contribution is 2.33. The molecular formula is C27H28N6O8. The Morgan fingerprint density at radius 1 is 0.756 bits per heavy atom. The Labute approximate surface area is 234 Å². The van der Waals surface area contributed by atoms with Gasteiger partial charge in [-0.3, -0.25) is 49.5 Å². The molecule has 14 heteroatoms. The minimum Gasteiger partial charge on any atom is -0.398 e. The number of carbonyl (C=O) groups is 6. The number of nitrogens with zero attached hydrogens (tertiary/aromatic N) is 3. The predicted molar refractivity (Wildman–Crippen MR) is 143 cm³/mol. The first kappa shape index (κ1) is 28.9. The van der Waals surface area contributed by atoms with E-state index in [1.54, 1.807) is 18.2 Å². The Bertz CT molecular complexity index is 1500. The third kappa shape index (κ3) is 5.23. The van der Waals surface area contributed by atoms with Crippen molar-refractivity contribution in [3.05, 3.63) is 68.8 Å². The number of hydrogen-bond acceptors (Lipinski definition) is 9. The molecule has 14 nitrogen and oxygen atoms in total. The molecule has 0 radical (unpaired) electrons. The van der Waals surface area contributed by atoms with Crippen molar-refractivity contribution in [3.63, 3.8) is 0 Å². The molecule has 2 atom stereocenters. The zero-order valence-electron chi connectivity index (χ0n) is 21.0. The third-order valence-electron chi connectivity index (χ3n) is 7.37. The van der Waals surface area contributed by atoms with E-state index in [0.29, 0.717) is 29.8 Å². The van der Waals surface area contributed by atoms with Crippen LogP contribution in [0.3, 0.4) is 0 Å². The van der Waals surface area contributed by atoms with Crippen LogP contribution < -0.4 is 16.4 Å². The first-order valence-corrected chi connectivity index (χ1v) is 12.5. The van der Waals surface area contributed by atoms with Gasteiger partial charge >= 0.3 is 0 Å². The van der Waals surface area contributed by atoms with E-state index in [4.69, 9.17) is 5.73 Å². The maximum absolute atomic E-state index is 12.3. The number of amides is 6. The number of piperidine rings is 2. The van der Waals surface area contributed by atoms with Gasteiger partial charge in [0.05, 0.1) is 22.6 Å². The first-order chi connectivity index (χ1) is 19.1. The lowest BCUT2D eigenvalue weighted by Gasteiger charge is -2.29. The average Bonchev–Trinajstić information content (AvgIpc) is 3.42. The molecular weight excluding hydrogens is 536 g/mol. The Balaban J connectivity index is 0.000000185. The molecule has 0 aromatic heterocycles. The lowest BCUT2D eigenvalue weighted by atomic mass is 10.0. The Morgan fingerprint density at radius 2 is 1.22 bits per heavy atom. The Morgan fingerprint density at radius 3 is 1.68 bits per heavy atom. The normalized spacial score (nSPS) is 21.3. The summed E-state index contributed by atoms with van der Waals surface area (Å²) in [5, 5.41) is 15.5. The van der Waals surface area contributed by atoms with Crippen molar-refractivity contribution in [1.29, 1.82) is 0 Å². The van der Waals surface area contributed by atoms with E-state index in [-0.39, 0.29) is 62.2 Å². The molecule has 41 heavy (non-hydrogen) atoms. The lowest BCUT2D eigenvalue weighted by molar-refractivity contribution is -0.385. The minimum atomic E-state index is -0.762. The van der Waals surface area contributed by atoms with Crippen LogP contribution >= 0.6 is 0 Å². The monoisotopic (exact) mass is 564 g/mol. The van der Waals surface area contributed by atoms with E-state index in [1.165, 1.54) is 28.0 Å². The van der Waals surface area contributed by atoms with E-state index in [9.17, 15) is 38.9 Å². The van der Waals surface area contributed by atoms with Gasteiger partial charge in [0.15, 0.2) is 0 Å². The van der Waals surface area contributed by atoms with Crippen LogP contribution in [-0.2, 0) is 32.3 Å². The number of carbonyl (C=O) groups excluding carboxylic acids is 6. The number of fused-ring (bicyclic) bond motifs is 2. The van der Waals surface area contributed by atoms with E-state index in [0.717, 1.165) is 5.56 Å². The maximum atomic E-state index is 12.3. The van der Waals surface area contributed by atoms with Crippen LogP contribution in [0, 0.1) is 10.1 Å². The SMILES string of the molecule is C.Nc1cccc2c1CN(C1CCC(=O)NC1=O)C2=O.O=C1CCC(N2Cc3c(cccc3[N+](=O)[O-])C2=O)C(=O)N1. The molecule has 2 aromatic carbocycles. The van der Waals surface area contributed by atoms with Gasteiger partial charge in [-0.2, -0.15) is 0 Å². The molecule has 4 N–H and O–H groups in total. The molecule has 0 aliphatic carbocycles. The zero-order valence-corrected chi connectivity index (χ0v) is 21.0. The molecule has 4 aliphatic heterocycles. The molecule has 4 heterocycles. The fourth-order valence-electron chi connectivity index (χ4n) is 5.35. The lowest BCUT2D eigenvalue weighted by Crippen LogP contribution is -2.52. The second-order valence-corrected chi connectivity index (χ2v) is 9.73. The second kappa shape index (κ2) is 11.2. The fourth-order valence-corrected chi connectivity index (χ4v) is 5.35. The second-order valence-electron chi connectivity index (χ2n) is 9.73. The van der Waals surface area contributed by atoms with E-state index >= 15 is 0 Å². The molecule has 0 bridgehead atoms. The first-order valence-electron chi connectivity index (χ1n) is 12.5. The summed E-state index contributed by atoms with van der Waals surface area (Å²) >= 11 is 0. The molecule has 2 unspecified atom stereocenters. The van der Waals surface area contributed by atoms with Crippen molar-refractivity contribution in [2.45, 2.75) is 58.3 Å². The number of hydrogen-bond donors (Lipinski definition) is 3. The van der Waals surface area contributed by atoms with Crippen molar-refractivity contribution in [3.8, 4) is 0 Å². The van der Waals surface area contributed by atoms with E-state index in [1.807, 2.05) is 0 Å². The number of nitro groups is 1. The molecule has 2 aromatic rings. The van der Waals surface area contributed by atoms with Crippen molar-refractivity contribution in [2.24, 2.45) is 0 Å². The number of benzene rings is 2. The quantitative estimate of drug-likeness (QED) is 0.210. The van der Waals surface area contributed by atoms with Crippen LogP contribution in [0.1, 0.15) is 65.0 Å². The van der Waals surface area contributed by atoms with Gasteiger partial charge in [-0.05, 0) is 31.0 Å². The Hall–Kier alpha value is -5.14. The van der Waals surface area contributed by atoms with Gasteiger partial charge in [-0.1, -0.05) is 19.6 Å². The zero-order chi connectivity index (χ0) is 28.7. The number of nitrogens with one attached hydrogen (secondary N) is 2. The summed E-state index contributed by atoms with van der Waals surface area (Å²) < 4.78 is 0. The van der Waals surface area contributed by atoms with Crippen LogP contribution in [0.2, 0.25) is 0 Å². The van der Waals surface area contributed by atoms with Gasteiger partial charge in [0, 0.05) is 42.3 Å². The van der Waals surface area contributed by atoms with Gasteiger partial charge in [0.25, 0.3) is 17.5 Å². The number of nitrogen functional groups attached to an aromatic ring is 1. The molecule has 4 aliphatic rings. The standard InChI is InChI=1S/C13H11N3O5.C13H13N3O3.CH4/c17-11-5-4-10(12(18)14-11)15-6-8-7(13(15)19)2-1-3-9(8)16(20)21;14-9-3-1-2-7-8(9)6-16(13(7)19)10-4-5-11(17)15-12(10)18;/h1-3,10H,4-6H2,(H,14,17,18);1-3,10H,4-6,14H2,(H,15,17,18);1H4. The highest BCUT2D eigenvalue weighted by Gasteiger charge is 2.42. The summed E-state index contributed by atoms with van der Waals surface area (Å²) in [4.78, 5) is 83.8. The van der Waals surface area contributed by atoms with Crippen molar-refractivity contribution >= 4 is 46.8 Å². The largest absolute Gasteiger partial charge is 0.398 e. The minimum absolute atomic E-state index is 0. The number of rotatable bonds is 3. The van der Waals surface area contributed by atoms with Crippen LogP contribution in [0.4, 0.5) is 11.4 Å². The van der Waals surface area contributed by atoms with Gasteiger partial charge < -0.3 is 15.5 Å². The molecule has 0 spiro atoms. The smallest absolute Gasteiger partial charge is 0.275 e. The molecule has 2 saturated heterocycles. The number of anilines is 1. The summed E-state index contributed by atoms with van der Waals surface area (Å²) in [7, 11) is 0. The molecule has 0 saturated carbocycles. The van der Waals surface area contributed by atoms with Crippen molar-refractivity contribution in [2.75, 3.05) is 5.73 Å². The van der Waals surface area contributed by atoms with Crippen LogP contribution in [-0.4, -0.2) is 62.2 Å². The van der Waals surface area contributed by atoms with Crippen LogP contribution in [0.25, 0.3) is 0 Å². The molecule has 6 rings (SSSR count). The summed E-state index contributed by atoms with van der Waals surface area (Å²) in [6.45, 7) is 0.338. The molecule has 214 valence electrons. The summed E-state index contributed by atoms with van der Waals surface area (Å²) in [5.74, 6) is -2.21. The molecule has 2 fully saturated rings. The van der Waals surface area contributed by atoms with E-state index < -0.39 is 34.7 Å². The van der Waals surface area contributed by atoms with Gasteiger partial charge in [-0.25, -0.2) is 0 Å². The summed E-state index contributed by atoms with van der Waals surface area (Å²) in [6, 6.07) is 8.11. The van der Waals surface area contributed by atoms with Crippen LogP contribution in [0.5, 0.6) is 0 Å². The topological polar surface area (TPSA) is 202 Å². The highest BCUT2D eigenvalue weighted by atomic mass is 16.6. The fraction of sp³-hybridized carbons (Fsp3) is 0.333. The molecule has 6 amide bonds. The van der Waals surface area contributed by atoms with Gasteiger partial charge in [0.1, 0.15) is 12.1 Å². The predicted octanol–water partition coefficient (Wildman–Crippen LogP) is 1.02. The van der Waals surface area contributed by atoms with E-state index in [2.05, 4.69) is 10.6 Å². The van der Waals surface area contributed by atoms with Crippen LogP contribution in [0.15, 0.2) is 36.4 Å².